The molecule has 0 aromatic heterocycles. The summed E-state index contributed by atoms with van der Waals surface area (Å²) < 4.78 is 45.0. The van der Waals surface area contributed by atoms with Gasteiger partial charge in [0.05, 0.1) is 5.56 Å². The molecule has 0 unspecified atom stereocenters. The molecule has 4 nitrogen and oxygen atoms in total. The molecule has 2 aromatic rings. The Morgan fingerprint density at radius 1 is 1.05 bits per heavy atom. The topological polar surface area (TPSA) is 66.8 Å². The van der Waals surface area contributed by atoms with Gasteiger partial charge in [-0.1, -0.05) is 6.07 Å². The fourth-order valence-electron chi connectivity index (χ4n) is 1.58. The molecule has 0 amide bonds. The second-order valence-corrected chi connectivity index (χ2v) is 4.13. The van der Waals surface area contributed by atoms with Gasteiger partial charge in [0.1, 0.15) is 12.4 Å². The molecular weight excluding hydrogens is 289 g/mol. The maximum Gasteiger partial charge on any atom is 0.335 e. The number of aromatic hydroxyl groups is 1. The van der Waals surface area contributed by atoms with E-state index in [-0.39, 0.29) is 11.1 Å². The highest BCUT2D eigenvalue weighted by molar-refractivity contribution is 5.87. The maximum absolute atomic E-state index is 13.6. The van der Waals surface area contributed by atoms with Crippen molar-refractivity contribution in [2.24, 2.45) is 0 Å². The van der Waals surface area contributed by atoms with E-state index in [0.717, 1.165) is 12.1 Å². The van der Waals surface area contributed by atoms with Gasteiger partial charge in [-0.3, -0.25) is 0 Å². The average molecular weight is 298 g/mol. The summed E-state index contributed by atoms with van der Waals surface area (Å²) in [6.07, 6.45) is 0. The van der Waals surface area contributed by atoms with E-state index in [2.05, 4.69) is 0 Å². The number of phenolic OH excluding ortho intramolecular Hbond substituents is 1. The van der Waals surface area contributed by atoms with E-state index in [0.29, 0.717) is 12.1 Å². The molecule has 2 rings (SSSR count). The fraction of sp³-hybridized carbons (Fsp3) is 0.0714. The lowest BCUT2D eigenvalue weighted by molar-refractivity contribution is 0.0696. The van der Waals surface area contributed by atoms with E-state index in [9.17, 15) is 18.0 Å². The molecule has 2 aromatic carbocycles. The number of rotatable bonds is 4. The van der Waals surface area contributed by atoms with Gasteiger partial charge in [0.25, 0.3) is 0 Å². The zero-order valence-electron chi connectivity index (χ0n) is 10.4. The predicted molar refractivity (Wildman–Crippen MR) is 65.7 cm³/mol. The minimum absolute atomic E-state index is 0.0205. The standard InChI is InChI=1S/C14H9F3O4/c15-9-3-7(14(19)20)1-2-8(9)6-21-13-5-10(16)12(18)4-11(13)17/h1-5,18H,6H2,(H,19,20). The minimum atomic E-state index is -1.28. The summed E-state index contributed by atoms with van der Waals surface area (Å²) in [4.78, 5) is 10.6. The minimum Gasteiger partial charge on any atom is -0.505 e. The normalized spacial score (nSPS) is 10.4. The number of carboxylic acids is 1. The molecule has 0 radical (unpaired) electrons. The van der Waals surface area contributed by atoms with Crippen LogP contribution in [-0.2, 0) is 6.61 Å². The molecular formula is C14H9F3O4. The molecule has 0 fully saturated rings. The average Bonchev–Trinajstić information content (AvgIpc) is 2.42. The number of benzene rings is 2. The molecule has 0 saturated heterocycles. The monoisotopic (exact) mass is 298 g/mol. The van der Waals surface area contributed by atoms with Crippen LogP contribution in [0.15, 0.2) is 30.3 Å². The quantitative estimate of drug-likeness (QED) is 0.910. The number of ether oxygens (including phenoxy) is 1. The van der Waals surface area contributed by atoms with E-state index in [1.54, 1.807) is 0 Å². The third kappa shape index (κ3) is 3.25. The van der Waals surface area contributed by atoms with E-state index in [4.69, 9.17) is 14.9 Å². The van der Waals surface area contributed by atoms with E-state index >= 15 is 0 Å². The molecule has 110 valence electrons. The van der Waals surface area contributed by atoms with Crippen LogP contribution in [-0.4, -0.2) is 16.2 Å². The summed E-state index contributed by atoms with van der Waals surface area (Å²) in [5.41, 5.74) is -0.258. The molecule has 0 heterocycles. The fourth-order valence-corrected chi connectivity index (χ4v) is 1.58. The maximum atomic E-state index is 13.6. The van der Waals surface area contributed by atoms with Crippen molar-refractivity contribution >= 4 is 5.97 Å². The van der Waals surface area contributed by atoms with Gasteiger partial charge < -0.3 is 14.9 Å². The summed E-state index contributed by atoms with van der Waals surface area (Å²) in [6.45, 7) is -0.424. The van der Waals surface area contributed by atoms with Crippen LogP contribution in [0.3, 0.4) is 0 Å². The van der Waals surface area contributed by atoms with Gasteiger partial charge >= 0.3 is 5.97 Å². The first-order valence-electron chi connectivity index (χ1n) is 5.71. The van der Waals surface area contributed by atoms with Crippen molar-refractivity contribution in [1.82, 2.24) is 0 Å². The SMILES string of the molecule is O=C(O)c1ccc(COc2cc(F)c(O)cc2F)c(F)c1. The van der Waals surface area contributed by atoms with Crippen LogP contribution in [0.5, 0.6) is 11.5 Å². The van der Waals surface area contributed by atoms with Gasteiger partial charge in [-0.15, -0.1) is 0 Å². The first-order chi connectivity index (χ1) is 9.88. The number of carbonyl (C=O) groups is 1. The van der Waals surface area contributed by atoms with Gasteiger partial charge in [0.2, 0.25) is 0 Å². The van der Waals surface area contributed by atoms with Crippen LogP contribution >= 0.6 is 0 Å². The Morgan fingerprint density at radius 3 is 2.38 bits per heavy atom. The lowest BCUT2D eigenvalue weighted by Crippen LogP contribution is -2.03. The Morgan fingerprint density at radius 2 is 1.76 bits per heavy atom. The van der Waals surface area contributed by atoms with Crippen molar-refractivity contribution < 1.29 is 32.9 Å². The van der Waals surface area contributed by atoms with Crippen molar-refractivity contribution in [2.45, 2.75) is 6.61 Å². The van der Waals surface area contributed by atoms with Gasteiger partial charge in [0, 0.05) is 17.7 Å². The summed E-state index contributed by atoms with van der Waals surface area (Å²) in [5.74, 6) is -5.56. The van der Waals surface area contributed by atoms with Crippen LogP contribution in [0.1, 0.15) is 15.9 Å². The van der Waals surface area contributed by atoms with Crippen LogP contribution in [0.25, 0.3) is 0 Å². The molecule has 0 aliphatic rings. The molecule has 0 atom stereocenters. The van der Waals surface area contributed by atoms with Gasteiger partial charge in [-0.25, -0.2) is 18.0 Å². The van der Waals surface area contributed by atoms with E-state index in [1.165, 1.54) is 6.07 Å². The second-order valence-electron chi connectivity index (χ2n) is 4.13. The number of hydrogen-bond donors (Lipinski definition) is 2. The van der Waals surface area contributed by atoms with Crippen molar-refractivity contribution in [3.8, 4) is 11.5 Å². The lowest BCUT2D eigenvalue weighted by atomic mass is 10.1. The molecule has 21 heavy (non-hydrogen) atoms. The van der Waals surface area contributed by atoms with Crippen LogP contribution in [0.4, 0.5) is 13.2 Å². The van der Waals surface area contributed by atoms with Crippen molar-refractivity contribution in [3.63, 3.8) is 0 Å². The third-order valence-electron chi connectivity index (χ3n) is 2.68. The summed E-state index contributed by atoms with van der Waals surface area (Å²) in [6, 6.07) is 4.31. The first kappa shape index (κ1) is 14.7. The zero-order valence-corrected chi connectivity index (χ0v) is 10.4. The van der Waals surface area contributed by atoms with Crippen molar-refractivity contribution in [3.05, 3.63) is 58.9 Å². The Labute approximate surface area is 117 Å². The number of aromatic carboxylic acids is 1. The summed E-state index contributed by atoms with van der Waals surface area (Å²) in [7, 11) is 0. The Kier molecular flexibility index (Phi) is 4.02. The lowest BCUT2D eigenvalue weighted by Gasteiger charge is -2.09. The highest BCUT2D eigenvalue weighted by Gasteiger charge is 2.13. The Balaban J connectivity index is 2.17. The second kappa shape index (κ2) is 5.74. The van der Waals surface area contributed by atoms with E-state index < -0.39 is 41.5 Å². The summed E-state index contributed by atoms with van der Waals surface area (Å²) >= 11 is 0. The van der Waals surface area contributed by atoms with Crippen LogP contribution in [0, 0.1) is 17.5 Å². The number of carboxylic acid groups (broad SMARTS) is 1. The molecule has 0 bridgehead atoms. The number of halogens is 3. The van der Waals surface area contributed by atoms with Gasteiger partial charge in [-0.05, 0) is 12.1 Å². The molecule has 0 spiro atoms. The number of phenols is 1. The molecule has 0 aliphatic heterocycles. The Bertz CT molecular complexity index is 701. The predicted octanol–water partition coefficient (Wildman–Crippen LogP) is 3.09. The highest BCUT2D eigenvalue weighted by Crippen LogP contribution is 2.26. The Hall–Kier alpha value is -2.70. The van der Waals surface area contributed by atoms with Gasteiger partial charge in [0.15, 0.2) is 23.1 Å². The molecule has 7 heteroatoms. The number of hydrogen-bond acceptors (Lipinski definition) is 3. The summed E-state index contributed by atoms with van der Waals surface area (Å²) in [5, 5.41) is 17.6. The highest BCUT2D eigenvalue weighted by atomic mass is 19.1. The van der Waals surface area contributed by atoms with Crippen LogP contribution in [0.2, 0.25) is 0 Å². The van der Waals surface area contributed by atoms with Gasteiger partial charge in [-0.2, -0.15) is 0 Å². The first-order valence-corrected chi connectivity index (χ1v) is 5.71. The van der Waals surface area contributed by atoms with Crippen LogP contribution < -0.4 is 4.74 Å². The zero-order chi connectivity index (χ0) is 15.6. The van der Waals surface area contributed by atoms with Crippen molar-refractivity contribution in [2.75, 3.05) is 0 Å². The van der Waals surface area contributed by atoms with Crippen molar-refractivity contribution in [1.29, 1.82) is 0 Å². The molecule has 0 aliphatic carbocycles. The smallest absolute Gasteiger partial charge is 0.335 e. The molecule has 2 N–H and O–H groups in total. The molecule has 0 saturated carbocycles. The van der Waals surface area contributed by atoms with E-state index in [1.807, 2.05) is 0 Å². The largest absolute Gasteiger partial charge is 0.505 e. The third-order valence-corrected chi connectivity index (χ3v) is 2.68.